The van der Waals surface area contributed by atoms with Crippen LogP contribution in [0.3, 0.4) is 0 Å². The molecule has 2 nitrogen and oxygen atoms in total. The van der Waals surface area contributed by atoms with E-state index in [4.69, 9.17) is 2.77 Å². The van der Waals surface area contributed by atoms with Gasteiger partial charge >= 0.3 is 45.9 Å². The average Bonchev–Trinajstić information content (AvgIpc) is 2.12. The zero-order valence-corrected chi connectivity index (χ0v) is 6.03. The topological polar surface area (TPSA) is 21.8 Å². The van der Waals surface area contributed by atoms with Crippen molar-refractivity contribution in [3.63, 3.8) is 0 Å². The van der Waals surface area contributed by atoms with Crippen LogP contribution in [0.2, 0.25) is 0 Å². The van der Waals surface area contributed by atoms with E-state index in [0.29, 0.717) is 0 Å². The minimum atomic E-state index is 0.184. The van der Waals surface area contributed by atoms with Gasteiger partial charge < -0.3 is 0 Å². The fourth-order valence-corrected chi connectivity index (χ4v) is 0.573. The first-order chi connectivity index (χ1) is 2.43. The summed E-state index contributed by atoms with van der Waals surface area (Å²) in [6.45, 7) is 0.816. The molecule has 1 saturated heterocycles. The van der Waals surface area contributed by atoms with Gasteiger partial charge in [0.2, 0.25) is 0 Å². The molecule has 0 bridgehead atoms. The van der Waals surface area contributed by atoms with E-state index in [9.17, 15) is 0 Å². The molecule has 1 aliphatic rings. The predicted molar refractivity (Wildman–Crippen MR) is 18.0 cm³/mol. The first-order valence-electron chi connectivity index (χ1n) is 1.35. The molecule has 0 aliphatic carbocycles. The van der Waals surface area contributed by atoms with Gasteiger partial charge in [0.25, 0.3) is 0 Å². The van der Waals surface area contributed by atoms with Gasteiger partial charge in [0.1, 0.15) is 0 Å². The Bertz CT molecular complexity index is 34.6. The Hall–Kier alpha value is 0.816. The van der Waals surface area contributed by atoms with E-state index in [-0.39, 0.29) is 6.29 Å². The van der Waals surface area contributed by atoms with Gasteiger partial charge in [0.05, 0.1) is 0 Å². The van der Waals surface area contributed by atoms with Gasteiger partial charge in [-0.15, -0.1) is 0 Å². The van der Waals surface area contributed by atoms with Gasteiger partial charge in [-0.1, -0.05) is 0 Å². The maximum absolute atomic E-state index is 4.75. The van der Waals surface area contributed by atoms with Crippen molar-refractivity contribution < 1.29 is 7.51 Å². The minimum absolute atomic E-state index is 0.184. The molecule has 0 amide bonds. The van der Waals surface area contributed by atoms with Crippen LogP contribution < -0.4 is 0 Å². The average molecular weight is 269 g/mol. The third-order valence-electron chi connectivity index (χ3n) is 0.420. The Morgan fingerprint density at radius 3 is 2.60 bits per heavy atom. The van der Waals surface area contributed by atoms with Crippen molar-refractivity contribution in [3.8, 4) is 0 Å². The summed E-state index contributed by atoms with van der Waals surface area (Å²) >= 11 is 0.976. The third kappa shape index (κ3) is 1.13. The molecule has 0 N–H and O–H groups in total. The van der Waals surface area contributed by atoms with Crippen molar-refractivity contribution in [1.29, 1.82) is 0 Å². The molecule has 0 aromatic carbocycles. The van der Waals surface area contributed by atoms with Crippen molar-refractivity contribution in [3.05, 3.63) is 0 Å². The van der Waals surface area contributed by atoms with E-state index in [1.165, 1.54) is 0 Å². The number of epoxide rings is 1. The second-order valence-corrected chi connectivity index (χ2v) is 1.69. The molecule has 1 rings (SSSR count). The van der Waals surface area contributed by atoms with Crippen LogP contribution in [0.1, 0.15) is 0 Å². The molecule has 0 aromatic rings. The Kier molecular flexibility index (Phi) is 1.20. The van der Waals surface area contributed by atoms with Crippen molar-refractivity contribution in [2.45, 2.75) is 6.29 Å². The molecule has 0 radical (unpaired) electrons. The summed E-state index contributed by atoms with van der Waals surface area (Å²) in [7, 11) is 0. The second kappa shape index (κ2) is 1.51. The normalized spacial score (nSPS) is 34.2. The molecule has 0 aromatic heterocycles. The molecule has 3 heteroatoms. The van der Waals surface area contributed by atoms with Crippen molar-refractivity contribution in [1.82, 2.24) is 0 Å². The summed E-state index contributed by atoms with van der Waals surface area (Å²) in [6, 6.07) is 0. The van der Waals surface area contributed by atoms with Crippen LogP contribution >= 0.6 is 0 Å². The maximum atomic E-state index is 4.75. The number of hydrogen-bond acceptors (Lipinski definition) is 2. The molecule has 1 fully saturated rings. The number of rotatable bonds is 1. The Morgan fingerprint density at radius 2 is 2.60 bits per heavy atom. The van der Waals surface area contributed by atoms with Gasteiger partial charge in [-0.25, -0.2) is 0 Å². The Labute approximate surface area is 46.2 Å². The van der Waals surface area contributed by atoms with Crippen LogP contribution in [0, 0.1) is 0 Å². The summed E-state index contributed by atoms with van der Waals surface area (Å²) < 4.78 is 9.41. The first-order valence-corrected chi connectivity index (χ1v) is 2.77. The zero-order valence-electron chi connectivity index (χ0n) is 2.55. The van der Waals surface area contributed by atoms with Crippen LogP contribution in [-0.2, 0) is 7.51 Å². The molecule has 30 valence electrons. The van der Waals surface area contributed by atoms with E-state index >= 15 is 0 Å². The zero-order chi connectivity index (χ0) is 3.70. The van der Waals surface area contributed by atoms with Crippen molar-refractivity contribution in [2.24, 2.45) is 0 Å². The number of hydrogen-bond donors (Lipinski definition) is 0. The van der Waals surface area contributed by atoms with Gasteiger partial charge in [-0.05, 0) is 0 Å². The molecular weight excluding hydrogens is 265 g/mol. The van der Waals surface area contributed by atoms with Crippen LogP contribution in [0.4, 0.5) is 0 Å². The molecule has 1 unspecified atom stereocenters. The fraction of sp³-hybridized carbons (Fsp3) is 1.00. The summed E-state index contributed by atoms with van der Waals surface area (Å²) in [6.07, 6.45) is 0.184. The molecule has 0 saturated carbocycles. The summed E-state index contributed by atoms with van der Waals surface area (Å²) in [5.41, 5.74) is 0. The molecule has 1 atom stereocenters. The van der Waals surface area contributed by atoms with E-state index in [2.05, 4.69) is 4.74 Å². The van der Waals surface area contributed by atoms with Crippen molar-refractivity contribution >= 4 is 25.5 Å². The van der Waals surface area contributed by atoms with Crippen LogP contribution in [0.5, 0.6) is 0 Å². The molecule has 0 spiro atoms. The van der Waals surface area contributed by atoms with E-state index < -0.39 is 0 Å². The van der Waals surface area contributed by atoms with Gasteiger partial charge in [-0.3, -0.25) is 0 Å². The third-order valence-corrected chi connectivity index (χ3v) is 1.33. The summed E-state index contributed by atoms with van der Waals surface area (Å²) in [4.78, 5) is 0. The van der Waals surface area contributed by atoms with E-state index in [0.717, 1.165) is 32.1 Å². The molecule has 1 heterocycles. The van der Waals surface area contributed by atoms with E-state index in [1.54, 1.807) is 0 Å². The van der Waals surface area contributed by atoms with Crippen LogP contribution in [0.15, 0.2) is 0 Å². The van der Waals surface area contributed by atoms with Crippen LogP contribution in [-0.4, -0.2) is 38.4 Å². The van der Waals surface area contributed by atoms with Crippen LogP contribution in [0.25, 0.3) is 0 Å². The fourth-order valence-electron chi connectivity index (χ4n) is 0.100. The Morgan fingerprint density at radius 1 is 2.00 bits per heavy atom. The van der Waals surface area contributed by atoms with Gasteiger partial charge in [0, 0.05) is 0 Å². The van der Waals surface area contributed by atoms with Gasteiger partial charge in [0.15, 0.2) is 0 Å². The van der Waals surface area contributed by atoms with E-state index in [1.807, 2.05) is 0 Å². The predicted octanol–water partition coefficient (Wildman–Crippen LogP) is -0.825. The molecule has 1 aliphatic heterocycles. The SMILES string of the molecule is [PoH][O]C1CO1. The quantitative estimate of drug-likeness (QED) is 0.580. The number of ether oxygens (including phenoxy) is 1. The molecule has 5 heavy (non-hydrogen) atoms. The van der Waals surface area contributed by atoms with Crippen molar-refractivity contribution in [2.75, 3.05) is 6.61 Å². The molecular formula is C2H4O2Po. The standard InChI is InChI=1S/C2H3O2.Po.H/c3-2-1-4-2;;/h2H,1H2;;/q-1;+1;. The first kappa shape index (κ1) is 3.99. The summed E-state index contributed by atoms with van der Waals surface area (Å²) in [5, 5.41) is 0. The summed E-state index contributed by atoms with van der Waals surface area (Å²) in [5.74, 6) is 0. The Balaban J connectivity index is 2.00. The monoisotopic (exact) mass is 269 g/mol. The van der Waals surface area contributed by atoms with Gasteiger partial charge in [-0.2, -0.15) is 0 Å². The second-order valence-electron chi connectivity index (χ2n) is 0.868.